The van der Waals surface area contributed by atoms with Crippen LogP contribution in [0.2, 0.25) is 0 Å². The van der Waals surface area contributed by atoms with E-state index in [9.17, 15) is 14.4 Å². The largest absolute Gasteiger partial charge is 0.462 e. The van der Waals surface area contributed by atoms with Gasteiger partial charge in [-0.1, -0.05) is 266 Å². The number of carbonyl (C=O) groups excluding carboxylic acids is 3. The smallest absolute Gasteiger partial charge is 0.306 e. The van der Waals surface area contributed by atoms with Crippen molar-refractivity contribution in [2.75, 3.05) is 13.2 Å². The number of rotatable bonds is 49. The van der Waals surface area contributed by atoms with Gasteiger partial charge >= 0.3 is 17.9 Å². The van der Waals surface area contributed by atoms with E-state index in [1.807, 2.05) is 0 Å². The lowest BCUT2D eigenvalue weighted by molar-refractivity contribution is -0.167. The minimum absolute atomic E-state index is 0.0638. The molecule has 0 fully saturated rings. The maximum Gasteiger partial charge on any atom is 0.306 e. The molecule has 0 saturated carbocycles. The molecule has 0 aromatic carbocycles. The highest BCUT2D eigenvalue weighted by Crippen LogP contribution is 2.18. The summed E-state index contributed by atoms with van der Waals surface area (Å²) in [4.78, 5) is 38.0. The van der Waals surface area contributed by atoms with Gasteiger partial charge in [0.2, 0.25) is 0 Å². The maximum absolute atomic E-state index is 12.8. The first-order valence-electron chi connectivity index (χ1n) is 27.3. The third kappa shape index (κ3) is 47.7. The summed E-state index contributed by atoms with van der Waals surface area (Å²) in [5.41, 5.74) is 0. The average molecular weight is 863 g/mol. The van der Waals surface area contributed by atoms with E-state index in [4.69, 9.17) is 14.2 Å². The summed E-state index contributed by atoms with van der Waals surface area (Å²) in [7, 11) is 0. The Bertz CT molecular complexity index is 933. The van der Waals surface area contributed by atoms with Crippen LogP contribution in [0.25, 0.3) is 0 Å². The quantitative estimate of drug-likeness (QED) is 0.0344. The summed E-state index contributed by atoms with van der Waals surface area (Å²) in [6.07, 6.45) is 49.5. The topological polar surface area (TPSA) is 78.9 Å². The molecule has 2 atom stereocenters. The van der Waals surface area contributed by atoms with Crippen molar-refractivity contribution >= 4 is 17.9 Å². The Labute approximate surface area is 380 Å². The lowest BCUT2D eigenvalue weighted by Crippen LogP contribution is -2.30. The van der Waals surface area contributed by atoms with Gasteiger partial charge in [-0.15, -0.1) is 0 Å². The summed E-state index contributed by atoms with van der Waals surface area (Å²) in [6, 6.07) is 0. The third-order valence-corrected chi connectivity index (χ3v) is 12.8. The predicted molar refractivity (Wildman–Crippen MR) is 261 cm³/mol. The molecule has 0 aliphatic rings. The number of hydrogen-bond donors (Lipinski definition) is 0. The Balaban J connectivity index is 4.28. The normalized spacial score (nSPS) is 12.5. The summed E-state index contributed by atoms with van der Waals surface area (Å²) < 4.78 is 16.8. The fourth-order valence-electron chi connectivity index (χ4n) is 8.31. The standard InChI is InChI=1S/C55H106O6/c1-6-8-9-10-11-12-13-14-15-16-17-18-19-20-24-30-35-40-45-53(56)59-48-52(61-55(58)47-42-37-32-27-26-29-34-39-44-51(5)7-2)49-60-54(57)46-41-36-31-25-22-21-23-28-33-38-43-50(3)4/h50-52H,6-49H2,1-5H3/t51?,52-/m0/s1. The van der Waals surface area contributed by atoms with Crippen molar-refractivity contribution in [3.05, 3.63) is 0 Å². The number of hydrogen-bond acceptors (Lipinski definition) is 6. The van der Waals surface area contributed by atoms with Crippen LogP contribution < -0.4 is 0 Å². The Morgan fingerprint density at radius 1 is 0.344 bits per heavy atom. The summed E-state index contributed by atoms with van der Waals surface area (Å²) in [6.45, 7) is 11.4. The lowest BCUT2D eigenvalue weighted by Gasteiger charge is -2.18. The zero-order chi connectivity index (χ0) is 44.7. The van der Waals surface area contributed by atoms with E-state index in [-0.39, 0.29) is 31.1 Å². The van der Waals surface area contributed by atoms with Crippen LogP contribution in [-0.2, 0) is 28.6 Å². The monoisotopic (exact) mass is 863 g/mol. The van der Waals surface area contributed by atoms with Crippen LogP contribution in [-0.4, -0.2) is 37.2 Å². The molecule has 0 spiro atoms. The van der Waals surface area contributed by atoms with Crippen molar-refractivity contribution in [1.82, 2.24) is 0 Å². The first-order chi connectivity index (χ1) is 29.8. The van der Waals surface area contributed by atoms with Gasteiger partial charge in [0.1, 0.15) is 13.2 Å². The molecule has 0 aliphatic heterocycles. The molecule has 0 aromatic heterocycles. The molecule has 0 radical (unpaired) electrons. The van der Waals surface area contributed by atoms with Crippen LogP contribution in [0, 0.1) is 11.8 Å². The van der Waals surface area contributed by atoms with Gasteiger partial charge in [0, 0.05) is 19.3 Å². The maximum atomic E-state index is 12.8. The number of ether oxygens (including phenoxy) is 3. The van der Waals surface area contributed by atoms with Crippen molar-refractivity contribution < 1.29 is 28.6 Å². The van der Waals surface area contributed by atoms with Gasteiger partial charge in [0.25, 0.3) is 0 Å². The van der Waals surface area contributed by atoms with E-state index in [1.54, 1.807) is 0 Å². The van der Waals surface area contributed by atoms with E-state index in [2.05, 4.69) is 34.6 Å². The van der Waals surface area contributed by atoms with Crippen molar-refractivity contribution in [3.8, 4) is 0 Å². The predicted octanol–water partition coefficient (Wildman–Crippen LogP) is 17.7. The van der Waals surface area contributed by atoms with Crippen LogP contribution in [0.1, 0.15) is 304 Å². The zero-order valence-corrected chi connectivity index (χ0v) is 41.8. The molecule has 362 valence electrons. The van der Waals surface area contributed by atoms with Gasteiger partial charge in [-0.3, -0.25) is 14.4 Å². The molecule has 0 amide bonds. The second-order valence-corrected chi connectivity index (χ2v) is 19.6. The molecule has 6 heteroatoms. The van der Waals surface area contributed by atoms with Gasteiger partial charge in [0.15, 0.2) is 6.10 Å². The Hall–Kier alpha value is -1.59. The van der Waals surface area contributed by atoms with Gasteiger partial charge in [0.05, 0.1) is 0 Å². The lowest BCUT2D eigenvalue weighted by atomic mass is 9.99. The van der Waals surface area contributed by atoms with Gasteiger partial charge in [-0.25, -0.2) is 0 Å². The molecule has 0 rings (SSSR count). The van der Waals surface area contributed by atoms with E-state index in [0.717, 1.165) is 69.6 Å². The molecule has 61 heavy (non-hydrogen) atoms. The molecule has 0 aliphatic carbocycles. The first kappa shape index (κ1) is 59.4. The minimum Gasteiger partial charge on any atom is -0.462 e. The van der Waals surface area contributed by atoms with Crippen LogP contribution >= 0.6 is 0 Å². The summed E-state index contributed by atoms with van der Waals surface area (Å²) >= 11 is 0. The molecule has 0 heterocycles. The number of unbranched alkanes of at least 4 members (excludes halogenated alkanes) is 33. The Morgan fingerprint density at radius 2 is 0.623 bits per heavy atom. The second kappa shape index (κ2) is 47.9. The highest BCUT2D eigenvalue weighted by Gasteiger charge is 2.19. The second-order valence-electron chi connectivity index (χ2n) is 19.6. The fraction of sp³-hybridized carbons (Fsp3) is 0.945. The van der Waals surface area contributed by atoms with Crippen LogP contribution in [0.5, 0.6) is 0 Å². The molecular weight excluding hydrogens is 757 g/mol. The average Bonchev–Trinajstić information content (AvgIpc) is 3.24. The van der Waals surface area contributed by atoms with E-state index in [0.29, 0.717) is 19.3 Å². The van der Waals surface area contributed by atoms with Crippen LogP contribution in [0.3, 0.4) is 0 Å². The van der Waals surface area contributed by atoms with Crippen molar-refractivity contribution in [1.29, 1.82) is 0 Å². The fourth-order valence-corrected chi connectivity index (χ4v) is 8.31. The molecule has 0 bridgehead atoms. The highest BCUT2D eigenvalue weighted by molar-refractivity contribution is 5.71. The number of carbonyl (C=O) groups is 3. The van der Waals surface area contributed by atoms with Gasteiger partial charge < -0.3 is 14.2 Å². The Kier molecular flexibility index (Phi) is 46.6. The molecule has 0 saturated heterocycles. The van der Waals surface area contributed by atoms with Gasteiger partial charge in [-0.2, -0.15) is 0 Å². The van der Waals surface area contributed by atoms with Crippen LogP contribution in [0.4, 0.5) is 0 Å². The summed E-state index contributed by atoms with van der Waals surface area (Å²) in [5.74, 6) is 0.816. The molecule has 1 unspecified atom stereocenters. The van der Waals surface area contributed by atoms with Crippen molar-refractivity contribution in [2.45, 2.75) is 310 Å². The molecular formula is C55H106O6. The third-order valence-electron chi connectivity index (χ3n) is 12.8. The van der Waals surface area contributed by atoms with E-state index >= 15 is 0 Å². The Morgan fingerprint density at radius 3 is 0.934 bits per heavy atom. The van der Waals surface area contributed by atoms with E-state index in [1.165, 1.54) is 193 Å². The van der Waals surface area contributed by atoms with Gasteiger partial charge in [-0.05, 0) is 31.1 Å². The molecule has 0 aromatic rings. The highest BCUT2D eigenvalue weighted by atomic mass is 16.6. The SMILES string of the molecule is CCCCCCCCCCCCCCCCCCCCC(=O)OC[C@@H](COC(=O)CCCCCCCCCCCCC(C)C)OC(=O)CCCCCCCCCCC(C)CC. The molecule has 0 N–H and O–H groups in total. The number of esters is 3. The van der Waals surface area contributed by atoms with Crippen molar-refractivity contribution in [2.24, 2.45) is 11.8 Å². The minimum atomic E-state index is -0.762. The summed E-state index contributed by atoms with van der Waals surface area (Å²) in [5, 5.41) is 0. The van der Waals surface area contributed by atoms with Crippen LogP contribution in [0.15, 0.2) is 0 Å². The first-order valence-corrected chi connectivity index (χ1v) is 27.3. The van der Waals surface area contributed by atoms with E-state index < -0.39 is 6.10 Å². The zero-order valence-electron chi connectivity index (χ0n) is 41.8. The molecule has 6 nitrogen and oxygen atoms in total. The van der Waals surface area contributed by atoms with Crippen molar-refractivity contribution in [3.63, 3.8) is 0 Å².